The van der Waals surface area contributed by atoms with Gasteiger partial charge < -0.3 is 38.4 Å². The predicted octanol–water partition coefficient (Wildman–Crippen LogP) is -11.7. The van der Waals surface area contributed by atoms with Gasteiger partial charge in [0.2, 0.25) is 6.16 Å². The first-order valence-corrected chi connectivity index (χ1v) is 0.632. The van der Waals surface area contributed by atoms with Crippen molar-refractivity contribution < 1.29 is 97.5 Å². The fourth-order valence-electron chi connectivity index (χ4n) is 0. The summed E-state index contributed by atoms with van der Waals surface area (Å²) in [5, 5.41) is 15.3. The summed E-state index contributed by atoms with van der Waals surface area (Å²) >= 11 is 0. The monoisotopic (exact) mass is 178 g/mol. The van der Waals surface area contributed by atoms with E-state index < -0.39 is 6.16 Å². The van der Waals surface area contributed by atoms with E-state index >= 15 is 0 Å². The minimum atomic E-state index is -2.08. The van der Waals surface area contributed by atoms with E-state index in [1.54, 1.807) is 0 Å². The largest absolute Gasteiger partial charge is 1.00 e. The van der Waals surface area contributed by atoms with Gasteiger partial charge in [-0.05, 0) is 0 Å². The number of carboxylic acid groups (broad SMARTS) is 2. The van der Waals surface area contributed by atoms with Crippen LogP contribution in [0.2, 0.25) is 0 Å². The van der Waals surface area contributed by atoms with Gasteiger partial charge in [0.1, 0.15) is 0 Å². The summed E-state index contributed by atoms with van der Waals surface area (Å²) in [7, 11) is 0. The van der Waals surface area contributed by atoms with Gasteiger partial charge in [-0.1, -0.05) is 0 Å². The van der Waals surface area contributed by atoms with Gasteiger partial charge in [0.15, 0.2) is 0 Å². The summed E-state index contributed by atoms with van der Waals surface area (Å²) < 4.78 is 0. The number of hydrogen-bond donors (Lipinski definition) is 1. The van der Waals surface area contributed by atoms with Crippen LogP contribution in [0.1, 0.15) is 0 Å². The predicted molar refractivity (Wildman–Crippen MR) is 15.3 cm³/mol. The quantitative estimate of drug-likeness (QED) is 0.370. The molecule has 9 heavy (non-hydrogen) atoms. The van der Waals surface area contributed by atoms with Crippen molar-refractivity contribution in [2.45, 2.75) is 0 Å². The Morgan fingerprint density at radius 3 is 1.22 bits per heavy atom. The molecule has 0 aromatic carbocycles. The van der Waals surface area contributed by atoms with Crippen molar-refractivity contribution in [3.63, 3.8) is 0 Å². The fourth-order valence-corrected chi connectivity index (χ4v) is 0. The van der Waals surface area contributed by atoms with Crippen molar-refractivity contribution in [1.29, 1.82) is 0 Å². The first-order valence-electron chi connectivity index (χ1n) is 0.632. The van der Waals surface area contributed by atoms with Crippen LogP contribution in [0.3, 0.4) is 0 Å². The van der Waals surface area contributed by atoms with Gasteiger partial charge in [-0.15, -0.1) is 0 Å². The van der Waals surface area contributed by atoms with Crippen LogP contribution >= 0.6 is 0 Å². The molecule has 0 atom stereocenters. The maximum absolute atomic E-state index is 8.44. The molecule has 0 saturated carbocycles. The van der Waals surface area contributed by atoms with Gasteiger partial charge in [-0.25, -0.2) is 0 Å². The Morgan fingerprint density at radius 1 is 1.22 bits per heavy atom. The van der Waals surface area contributed by atoms with Crippen LogP contribution in [0.4, 0.5) is 4.79 Å². The summed E-state index contributed by atoms with van der Waals surface area (Å²) in [5.74, 6) is 0. The van der Waals surface area contributed by atoms with Gasteiger partial charge >= 0.3 is 59.1 Å². The molecule has 0 heterocycles. The van der Waals surface area contributed by atoms with Crippen molar-refractivity contribution >= 4 is 6.16 Å². The maximum Gasteiger partial charge on any atom is 1.00 e. The van der Waals surface area contributed by atoms with Gasteiger partial charge in [0, 0.05) is 0 Å². The average Bonchev–Trinajstić information content (AvgIpc) is 0.811. The van der Waals surface area contributed by atoms with Crippen LogP contribution in [0.25, 0.3) is 0 Å². The standard InChI is InChI=1S/CH2O3.ClH.2Na.2H2O/c2-1(3)4;;;;;/h(H2,2,3,4);1H;;;2*1H2/q;;2*+1;;/p-2. The summed E-state index contributed by atoms with van der Waals surface area (Å²) in [6, 6.07) is 0. The van der Waals surface area contributed by atoms with Crippen molar-refractivity contribution in [3.05, 3.63) is 0 Å². The SMILES string of the molecule is O.O.O=C([O-])O.[Cl-].[Na+].[Na+]. The zero-order valence-electron chi connectivity index (χ0n) is 5.14. The van der Waals surface area contributed by atoms with Crippen molar-refractivity contribution in [3.8, 4) is 0 Å². The molecule has 48 valence electrons. The van der Waals surface area contributed by atoms with Crippen LogP contribution in [-0.4, -0.2) is 22.2 Å². The van der Waals surface area contributed by atoms with Crippen LogP contribution in [0, 0.1) is 0 Å². The van der Waals surface area contributed by atoms with Crippen molar-refractivity contribution in [2.24, 2.45) is 0 Å². The third-order valence-corrected chi connectivity index (χ3v) is 0. The average molecular weight is 178 g/mol. The van der Waals surface area contributed by atoms with Crippen LogP contribution in [-0.2, 0) is 0 Å². The molecular formula is CH5ClNa2O5. The molecule has 0 radical (unpaired) electrons. The van der Waals surface area contributed by atoms with Crippen LogP contribution in [0.15, 0.2) is 0 Å². The third kappa shape index (κ3) is 242. The summed E-state index contributed by atoms with van der Waals surface area (Å²) in [6.45, 7) is 0. The summed E-state index contributed by atoms with van der Waals surface area (Å²) in [6.07, 6.45) is -2.08. The topological polar surface area (TPSA) is 123 Å². The zero-order valence-corrected chi connectivity index (χ0v) is 9.90. The van der Waals surface area contributed by atoms with Crippen LogP contribution < -0.4 is 76.6 Å². The molecule has 0 spiro atoms. The molecule has 0 saturated heterocycles. The Labute approximate surface area is 102 Å². The molecular weight excluding hydrogens is 173 g/mol. The minimum absolute atomic E-state index is 0. The second-order valence-electron chi connectivity index (χ2n) is 0.266. The number of hydrogen-bond acceptors (Lipinski definition) is 2. The molecule has 0 aliphatic heterocycles. The summed E-state index contributed by atoms with van der Waals surface area (Å²) in [5.41, 5.74) is 0. The molecule has 5 nitrogen and oxygen atoms in total. The molecule has 5 N–H and O–H groups in total. The second-order valence-corrected chi connectivity index (χ2v) is 0.266. The molecule has 8 heteroatoms. The molecule has 0 aromatic rings. The molecule has 0 fully saturated rings. The molecule has 0 amide bonds. The van der Waals surface area contributed by atoms with E-state index in [4.69, 9.17) is 15.0 Å². The number of halogens is 1. The van der Waals surface area contributed by atoms with E-state index in [0.717, 1.165) is 0 Å². The van der Waals surface area contributed by atoms with E-state index in [0.29, 0.717) is 0 Å². The molecule has 0 aromatic heterocycles. The van der Waals surface area contributed by atoms with E-state index in [9.17, 15) is 0 Å². The Balaban J connectivity index is -0.00000000450. The normalized spacial score (nSPS) is 2.67. The van der Waals surface area contributed by atoms with E-state index in [2.05, 4.69) is 0 Å². The molecule has 0 unspecified atom stereocenters. The zero-order chi connectivity index (χ0) is 3.58. The van der Waals surface area contributed by atoms with E-state index in [1.807, 2.05) is 0 Å². The Hall–Kier alpha value is 1.48. The molecule has 0 aliphatic rings. The minimum Gasteiger partial charge on any atom is -1.00 e. The van der Waals surface area contributed by atoms with E-state index in [1.165, 1.54) is 0 Å². The van der Waals surface area contributed by atoms with Gasteiger partial charge in [0.25, 0.3) is 0 Å². The summed E-state index contributed by atoms with van der Waals surface area (Å²) in [4.78, 5) is 8.44. The fraction of sp³-hybridized carbons (Fsp3) is 0. The first kappa shape index (κ1) is 46.9. The Bertz CT molecular complexity index is 37.9. The number of rotatable bonds is 0. The number of carbonyl (C=O) groups is 1. The Morgan fingerprint density at radius 2 is 1.22 bits per heavy atom. The van der Waals surface area contributed by atoms with Gasteiger partial charge in [0.05, 0.1) is 0 Å². The molecule has 0 aliphatic carbocycles. The Kier molecular flexibility index (Phi) is 177. The van der Waals surface area contributed by atoms with Gasteiger partial charge in [-0.2, -0.15) is 0 Å². The van der Waals surface area contributed by atoms with Crippen molar-refractivity contribution in [1.82, 2.24) is 0 Å². The third-order valence-electron chi connectivity index (χ3n) is 0. The first-order chi connectivity index (χ1) is 1.73. The smallest absolute Gasteiger partial charge is 1.00 e. The maximum atomic E-state index is 8.44. The second kappa shape index (κ2) is 34.0. The molecule has 0 rings (SSSR count). The van der Waals surface area contributed by atoms with Crippen molar-refractivity contribution in [2.75, 3.05) is 0 Å². The van der Waals surface area contributed by atoms with E-state index in [-0.39, 0.29) is 82.5 Å². The van der Waals surface area contributed by atoms with Crippen LogP contribution in [0.5, 0.6) is 0 Å². The van der Waals surface area contributed by atoms with Gasteiger partial charge in [-0.3, -0.25) is 0 Å². The molecule has 0 bridgehead atoms.